The van der Waals surface area contributed by atoms with E-state index >= 15 is 0 Å². The Kier molecular flexibility index (Phi) is 3.97. The molecule has 3 aromatic rings. The van der Waals surface area contributed by atoms with Crippen LogP contribution in [-0.4, -0.2) is 32.8 Å². The highest BCUT2D eigenvalue weighted by Crippen LogP contribution is 2.41. The van der Waals surface area contributed by atoms with Crippen molar-refractivity contribution < 1.29 is 9.59 Å². The number of anilines is 1. The van der Waals surface area contributed by atoms with E-state index in [9.17, 15) is 9.59 Å². The summed E-state index contributed by atoms with van der Waals surface area (Å²) in [7, 11) is 0. The Hall–Kier alpha value is -2.73. The van der Waals surface area contributed by atoms with Gasteiger partial charge in [0.2, 0.25) is 11.7 Å². The number of rotatable bonds is 5. The molecule has 4 rings (SSSR count). The molecule has 2 aromatic heterocycles. The van der Waals surface area contributed by atoms with E-state index in [0.29, 0.717) is 17.2 Å². The van der Waals surface area contributed by atoms with Crippen molar-refractivity contribution in [2.45, 2.75) is 18.8 Å². The fourth-order valence-corrected chi connectivity index (χ4v) is 2.94. The number of hydrogen-bond donors (Lipinski definition) is 2. The summed E-state index contributed by atoms with van der Waals surface area (Å²) in [5.74, 6) is -0.356. The first kappa shape index (κ1) is 15.8. The Morgan fingerprint density at radius 3 is 2.88 bits per heavy atom. The van der Waals surface area contributed by atoms with Gasteiger partial charge in [-0.15, -0.1) is 11.6 Å². The van der Waals surface area contributed by atoms with Gasteiger partial charge in [-0.1, -0.05) is 12.1 Å². The smallest absolute Gasteiger partial charge is 0.239 e. The number of aromatic amines is 1. The second-order valence-electron chi connectivity index (χ2n) is 6.09. The molecule has 1 amide bonds. The summed E-state index contributed by atoms with van der Waals surface area (Å²) in [6.07, 6.45) is 5.54. The lowest BCUT2D eigenvalue weighted by atomic mass is 10.0. The molecule has 2 N–H and O–H groups in total. The Bertz CT molecular complexity index is 978. The molecule has 0 bridgehead atoms. The van der Waals surface area contributed by atoms with Crippen LogP contribution in [0.2, 0.25) is 0 Å². The predicted molar refractivity (Wildman–Crippen MR) is 95.1 cm³/mol. The van der Waals surface area contributed by atoms with E-state index in [1.807, 2.05) is 12.1 Å². The average molecular weight is 355 g/mol. The molecule has 25 heavy (non-hydrogen) atoms. The van der Waals surface area contributed by atoms with Gasteiger partial charge < -0.3 is 5.32 Å². The molecule has 1 aliphatic carbocycles. The zero-order valence-corrected chi connectivity index (χ0v) is 14.0. The molecule has 1 fully saturated rings. The van der Waals surface area contributed by atoms with Crippen LogP contribution in [0.4, 0.5) is 5.69 Å². The summed E-state index contributed by atoms with van der Waals surface area (Å²) in [5.41, 5.74) is 2.89. The molecule has 1 aliphatic rings. The summed E-state index contributed by atoms with van der Waals surface area (Å²) >= 11 is 5.60. The van der Waals surface area contributed by atoms with E-state index in [-0.39, 0.29) is 23.3 Å². The van der Waals surface area contributed by atoms with Crippen LogP contribution in [0.15, 0.2) is 36.7 Å². The van der Waals surface area contributed by atoms with E-state index in [2.05, 4.69) is 20.5 Å². The van der Waals surface area contributed by atoms with Crippen LogP contribution in [0.5, 0.6) is 0 Å². The number of halogens is 1. The van der Waals surface area contributed by atoms with Gasteiger partial charge in [0.05, 0.1) is 17.4 Å². The highest BCUT2D eigenvalue weighted by atomic mass is 35.5. The summed E-state index contributed by atoms with van der Waals surface area (Å²) in [6.45, 7) is 0. The van der Waals surface area contributed by atoms with Gasteiger partial charge in [0, 0.05) is 17.1 Å². The van der Waals surface area contributed by atoms with Crippen LogP contribution < -0.4 is 5.32 Å². The number of ketones is 1. The topological polar surface area (TPSA) is 87.7 Å². The quantitative estimate of drug-likeness (QED) is 0.544. The zero-order valence-electron chi connectivity index (χ0n) is 13.3. The maximum atomic E-state index is 13.1. The number of carbonyl (C=O) groups is 2. The van der Waals surface area contributed by atoms with Crippen LogP contribution in [0.1, 0.15) is 40.4 Å². The highest BCUT2D eigenvalue weighted by Gasteiger charge is 2.26. The number of alkyl halides is 1. The largest absolute Gasteiger partial charge is 0.323 e. The minimum Gasteiger partial charge on any atom is -0.323 e. The summed E-state index contributed by atoms with van der Waals surface area (Å²) in [6, 6.07) is 7.18. The van der Waals surface area contributed by atoms with Crippen molar-refractivity contribution in [1.82, 2.24) is 15.2 Å². The van der Waals surface area contributed by atoms with E-state index in [0.717, 1.165) is 29.3 Å². The fourth-order valence-electron chi connectivity index (χ4n) is 2.87. The second-order valence-corrected chi connectivity index (χ2v) is 6.35. The Balaban J connectivity index is 1.79. The summed E-state index contributed by atoms with van der Waals surface area (Å²) in [4.78, 5) is 29.2. The molecule has 1 saturated carbocycles. The number of amides is 1. The lowest BCUT2D eigenvalue weighted by Gasteiger charge is -2.11. The zero-order chi connectivity index (χ0) is 17.4. The highest BCUT2D eigenvalue weighted by molar-refractivity contribution is 6.29. The number of fused-ring (bicyclic) bond motifs is 1. The van der Waals surface area contributed by atoms with Gasteiger partial charge in [-0.05, 0) is 36.5 Å². The van der Waals surface area contributed by atoms with Crippen molar-refractivity contribution in [2.24, 2.45) is 0 Å². The Morgan fingerprint density at radius 2 is 2.12 bits per heavy atom. The number of carbonyl (C=O) groups excluding carboxylic acids is 2. The van der Waals surface area contributed by atoms with Crippen molar-refractivity contribution in [3.63, 3.8) is 0 Å². The van der Waals surface area contributed by atoms with Gasteiger partial charge in [-0.3, -0.25) is 19.7 Å². The van der Waals surface area contributed by atoms with Gasteiger partial charge in [0.25, 0.3) is 0 Å². The summed E-state index contributed by atoms with van der Waals surface area (Å²) < 4.78 is 0. The van der Waals surface area contributed by atoms with E-state index in [1.54, 1.807) is 24.5 Å². The van der Waals surface area contributed by atoms with Gasteiger partial charge in [-0.2, -0.15) is 5.10 Å². The number of benzene rings is 1. The van der Waals surface area contributed by atoms with Crippen molar-refractivity contribution in [3.8, 4) is 0 Å². The predicted octanol–water partition coefficient (Wildman–Crippen LogP) is 3.24. The van der Waals surface area contributed by atoms with E-state index in [1.165, 1.54) is 0 Å². The molecule has 126 valence electrons. The van der Waals surface area contributed by atoms with E-state index < -0.39 is 0 Å². The molecule has 0 unspecified atom stereocenters. The number of nitrogens with zero attached hydrogens (tertiary/aromatic N) is 2. The average Bonchev–Trinajstić information content (AvgIpc) is 3.37. The standard InChI is InChI=1S/C18H15ClN4O2/c19-7-16(24)22-15-6-11(10-4-5-10)8-20-17(15)18(25)12-2-1-3-14-13(12)9-21-23-14/h1-3,6,8-10H,4-5,7H2,(H,21,23)(H,22,24). The van der Waals surface area contributed by atoms with Crippen LogP contribution >= 0.6 is 11.6 Å². The third-order valence-electron chi connectivity index (χ3n) is 4.30. The number of pyridine rings is 1. The van der Waals surface area contributed by atoms with Crippen LogP contribution in [0.25, 0.3) is 10.9 Å². The number of nitrogens with one attached hydrogen (secondary N) is 2. The molecule has 0 spiro atoms. The van der Waals surface area contributed by atoms with Crippen molar-refractivity contribution in [3.05, 3.63) is 53.5 Å². The molecule has 2 heterocycles. The normalized spacial score (nSPS) is 13.8. The molecule has 0 aliphatic heterocycles. The maximum Gasteiger partial charge on any atom is 0.239 e. The molecule has 6 nitrogen and oxygen atoms in total. The minimum absolute atomic E-state index is 0.182. The Labute approximate surface area is 148 Å². The number of hydrogen-bond acceptors (Lipinski definition) is 4. The van der Waals surface area contributed by atoms with Crippen LogP contribution in [-0.2, 0) is 4.79 Å². The fraction of sp³-hybridized carbons (Fsp3) is 0.222. The van der Waals surface area contributed by atoms with Gasteiger partial charge in [-0.25, -0.2) is 0 Å². The second kappa shape index (κ2) is 6.29. The molecule has 1 aromatic carbocycles. The first-order chi connectivity index (χ1) is 12.2. The molecule has 7 heteroatoms. The summed E-state index contributed by atoms with van der Waals surface area (Å²) in [5, 5.41) is 10.2. The van der Waals surface area contributed by atoms with Gasteiger partial charge >= 0.3 is 0 Å². The van der Waals surface area contributed by atoms with Gasteiger partial charge in [0.15, 0.2) is 0 Å². The molecular formula is C18H15ClN4O2. The van der Waals surface area contributed by atoms with Crippen LogP contribution in [0.3, 0.4) is 0 Å². The number of aromatic nitrogens is 3. The molecule has 0 radical (unpaired) electrons. The van der Waals surface area contributed by atoms with Crippen molar-refractivity contribution in [1.29, 1.82) is 0 Å². The first-order valence-corrected chi connectivity index (χ1v) is 8.53. The molecule has 0 atom stereocenters. The van der Waals surface area contributed by atoms with Gasteiger partial charge in [0.1, 0.15) is 11.6 Å². The van der Waals surface area contributed by atoms with E-state index in [4.69, 9.17) is 11.6 Å². The number of H-pyrrole nitrogens is 1. The molecule has 0 saturated heterocycles. The minimum atomic E-state index is -0.369. The Morgan fingerprint density at radius 1 is 1.28 bits per heavy atom. The molecular weight excluding hydrogens is 340 g/mol. The van der Waals surface area contributed by atoms with Crippen LogP contribution in [0, 0.1) is 0 Å². The maximum absolute atomic E-state index is 13.1. The third-order valence-corrected chi connectivity index (χ3v) is 4.54. The lowest BCUT2D eigenvalue weighted by Crippen LogP contribution is -2.17. The lowest BCUT2D eigenvalue weighted by molar-refractivity contribution is -0.113. The third kappa shape index (κ3) is 3.00. The SMILES string of the molecule is O=C(CCl)Nc1cc(C2CC2)cnc1C(=O)c1cccc2[nH]ncc12. The van der Waals surface area contributed by atoms with Crippen molar-refractivity contribution >= 4 is 39.9 Å². The monoisotopic (exact) mass is 354 g/mol. The van der Waals surface area contributed by atoms with Crippen molar-refractivity contribution in [2.75, 3.05) is 11.2 Å². The first-order valence-electron chi connectivity index (χ1n) is 8.00.